The van der Waals surface area contributed by atoms with Crippen molar-refractivity contribution in [2.45, 2.75) is 25.9 Å². The van der Waals surface area contributed by atoms with Gasteiger partial charge in [0.25, 0.3) is 5.91 Å². The van der Waals surface area contributed by atoms with Gasteiger partial charge in [-0.3, -0.25) is 14.5 Å². The molecule has 0 aromatic heterocycles. The quantitative estimate of drug-likeness (QED) is 0.344. The van der Waals surface area contributed by atoms with Crippen molar-refractivity contribution in [3.05, 3.63) is 78.1 Å². The number of carbonyl (C=O) groups is 3. The number of esters is 1. The summed E-state index contributed by atoms with van der Waals surface area (Å²) < 4.78 is 18.1. The molecule has 172 valence electrons. The van der Waals surface area contributed by atoms with Crippen LogP contribution in [0.5, 0.6) is 0 Å². The van der Waals surface area contributed by atoms with Gasteiger partial charge in [-0.2, -0.15) is 0 Å². The zero-order valence-electron chi connectivity index (χ0n) is 18.1. The van der Waals surface area contributed by atoms with Crippen LogP contribution in [0.3, 0.4) is 0 Å². The Kier molecular flexibility index (Phi) is 7.89. The minimum atomic E-state index is -0.783. The van der Waals surface area contributed by atoms with E-state index in [2.05, 4.69) is 11.9 Å². The van der Waals surface area contributed by atoms with Crippen LogP contribution in [0.2, 0.25) is 0 Å². The maximum Gasteiger partial charge on any atom is 0.338 e. The molecule has 1 N–H and O–H groups in total. The van der Waals surface area contributed by atoms with Crippen LogP contribution in [0.4, 0.5) is 10.1 Å². The molecular weight excluding hydrogens is 445 g/mol. The third kappa shape index (κ3) is 5.81. The van der Waals surface area contributed by atoms with Gasteiger partial charge in [-0.1, -0.05) is 18.2 Å². The molecule has 1 unspecified atom stereocenters. The van der Waals surface area contributed by atoms with Gasteiger partial charge in [-0.05, 0) is 61.1 Å². The van der Waals surface area contributed by atoms with Crippen LogP contribution in [-0.4, -0.2) is 51.9 Å². The highest BCUT2D eigenvalue weighted by molar-refractivity contribution is 7.80. The maximum atomic E-state index is 13.2. The van der Waals surface area contributed by atoms with E-state index in [9.17, 15) is 18.8 Å². The van der Waals surface area contributed by atoms with E-state index in [0.29, 0.717) is 22.9 Å². The van der Waals surface area contributed by atoms with E-state index < -0.39 is 12.0 Å². The van der Waals surface area contributed by atoms with Crippen LogP contribution in [0.25, 0.3) is 0 Å². The normalized spacial score (nSPS) is 15.5. The Hall–Kier alpha value is -3.59. The number of thiocarbonyl (C=S) groups is 1. The summed E-state index contributed by atoms with van der Waals surface area (Å²) in [5.74, 6) is -1.49. The highest BCUT2D eigenvalue weighted by Gasteiger charge is 2.42. The first-order chi connectivity index (χ1) is 15.8. The highest BCUT2D eigenvalue weighted by atomic mass is 32.1. The summed E-state index contributed by atoms with van der Waals surface area (Å²) in [5, 5.41) is 3.03. The number of halogens is 1. The molecule has 0 spiro atoms. The monoisotopic (exact) mass is 469 g/mol. The first-order valence-electron chi connectivity index (χ1n) is 10.4. The van der Waals surface area contributed by atoms with E-state index >= 15 is 0 Å². The number of ether oxygens (including phenoxy) is 1. The number of benzene rings is 2. The fourth-order valence-corrected chi connectivity index (χ4v) is 3.80. The van der Waals surface area contributed by atoms with Crippen LogP contribution in [0, 0.1) is 5.82 Å². The number of rotatable bonds is 9. The van der Waals surface area contributed by atoms with Crippen LogP contribution in [-0.2, 0) is 20.9 Å². The number of anilines is 1. The Morgan fingerprint density at radius 3 is 2.45 bits per heavy atom. The molecule has 2 amide bonds. The molecule has 1 atom stereocenters. The lowest BCUT2D eigenvalue weighted by molar-refractivity contribution is -0.130. The standard InChI is InChI=1S/C24H24FN3O4S/c1-3-13-27-20(22(30)28(24(27)33)15-16-5-9-18(25)10-6-16)14-21(29)26-19-11-7-17(8-12-19)23(31)32-4-2/h3,5-12,20H,1,4,13-15H2,2H3,(H,26,29). The van der Waals surface area contributed by atoms with Gasteiger partial charge in [-0.25, -0.2) is 9.18 Å². The smallest absolute Gasteiger partial charge is 0.338 e. The Balaban J connectivity index is 1.68. The van der Waals surface area contributed by atoms with E-state index in [4.69, 9.17) is 17.0 Å². The van der Waals surface area contributed by atoms with Gasteiger partial charge in [0, 0.05) is 12.2 Å². The maximum absolute atomic E-state index is 13.2. The SMILES string of the molecule is C=CCN1C(=S)N(Cc2ccc(F)cc2)C(=O)C1CC(=O)Nc1ccc(C(=O)OCC)cc1. The second-order valence-electron chi connectivity index (χ2n) is 7.34. The highest BCUT2D eigenvalue weighted by Crippen LogP contribution is 2.24. The summed E-state index contributed by atoms with van der Waals surface area (Å²) in [6.07, 6.45) is 1.49. The molecule has 2 aromatic rings. The fraction of sp³-hybridized carbons (Fsp3) is 0.250. The lowest BCUT2D eigenvalue weighted by atomic mass is 10.1. The van der Waals surface area contributed by atoms with Gasteiger partial charge in [0.1, 0.15) is 11.9 Å². The van der Waals surface area contributed by atoms with Crippen molar-refractivity contribution in [3.63, 3.8) is 0 Å². The zero-order chi connectivity index (χ0) is 24.0. The summed E-state index contributed by atoms with van der Waals surface area (Å²) in [6.45, 7) is 6.18. The van der Waals surface area contributed by atoms with Crippen molar-refractivity contribution >= 4 is 40.8 Å². The average Bonchev–Trinajstić information content (AvgIpc) is 3.00. The van der Waals surface area contributed by atoms with Crippen molar-refractivity contribution in [3.8, 4) is 0 Å². The van der Waals surface area contributed by atoms with Crippen LogP contribution < -0.4 is 5.32 Å². The number of hydrogen-bond acceptors (Lipinski definition) is 5. The summed E-state index contributed by atoms with van der Waals surface area (Å²) in [7, 11) is 0. The van der Waals surface area contributed by atoms with E-state index in [1.54, 1.807) is 54.3 Å². The third-order valence-corrected chi connectivity index (χ3v) is 5.50. The molecule has 1 aliphatic rings. The molecule has 0 bridgehead atoms. The van der Waals surface area contributed by atoms with Crippen molar-refractivity contribution in [1.82, 2.24) is 9.80 Å². The number of hydrogen-bond donors (Lipinski definition) is 1. The molecule has 1 aliphatic heterocycles. The number of amides is 2. The molecule has 0 radical (unpaired) electrons. The molecule has 1 saturated heterocycles. The Morgan fingerprint density at radius 2 is 1.85 bits per heavy atom. The molecule has 7 nitrogen and oxygen atoms in total. The van der Waals surface area contributed by atoms with Crippen LogP contribution in [0.1, 0.15) is 29.3 Å². The van der Waals surface area contributed by atoms with Gasteiger partial charge < -0.3 is 15.0 Å². The second-order valence-corrected chi connectivity index (χ2v) is 7.71. The third-order valence-electron chi connectivity index (χ3n) is 5.04. The van der Waals surface area contributed by atoms with Crippen molar-refractivity contribution < 1.29 is 23.5 Å². The largest absolute Gasteiger partial charge is 0.462 e. The molecule has 33 heavy (non-hydrogen) atoms. The number of carbonyl (C=O) groups excluding carboxylic acids is 3. The van der Waals surface area contributed by atoms with Crippen molar-refractivity contribution in [2.75, 3.05) is 18.5 Å². The van der Waals surface area contributed by atoms with Gasteiger partial charge in [0.05, 0.1) is 25.1 Å². The topological polar surface area (TPSA) is 79.0 Å². The molecule has 3 rings (SSSR count). The molecule has 1 fully saturated rings. The van der Waals surface area contributed by atoms with Gasteiger partial charge in [0.2, 0.25) is 5.91 Å². The molecule has 0 saturated carbocycles. The summed E-state index contributed by atoms with van der Waals surface area (Å²) >= 11 is 5.48. The predicted molar refractivity (Wildman–Crippen MR) is 126 cm³/mol. The van der Waals surface area contributed by atoms with Crippen molar-refractivity contribution in [1.29, 1.82) is 0 Å². The lowest BCUT2D eigenvalue weighted by Gasteiger charge is -2.22. The Bertz CT molecular complexity index is 1060. The average molecular weight is 470 g/mol. The fourth-order valence-electron chi connectivity index (χ4n) is 3.45. The minimum Gasteiger partial charge on any atom is -0.462 e. The Morgan fingerprint density at radius 1 is 1.18 bits per heavy atom. The molecule has 0 aliphatic carbocycles. The Labute approximate surface area is 196 Å². The van der Waals surface area contributed by atoms with Crippen molar-refractivity contribution in [2.24, 2.45) is 0 Å². The van der Waals surface area contributed by atoms with Gasteiger partial charge >= 0.3 is 5.97 Å². The van der Waals surface area contributed by atoms with E-state index in [1.165, 1.54) is 17.0 Å². The summed E-state index contributed by atoms with van der Waals surface area (Å²) in [6, 6.07) is 11.3. The predicted octanol–water partition coefficient (Wildman–Crippen LogP) is 3.51. The molecule has 9 heteroatoms. The minimum absolute atomic E-state index is 0.119. The second kappa shape index (κ2) is 10.8. The molecular formula is C24H24FN3O4S. The van der Waals surface area contributed by atoms with Crippen LogP contribution >= 0.6 is 12.2 Å². The van der Waals surface area contributed by atoms with Gasteiger partial charge in [-0.15, -0.1) is 6.58 Å². The van der Waals surface area contributed by atoms with Gasteiger partial charge in [0.15, 0.2) is 5.11 Å². The molecule has 1 heterocycles. The summed E-state index contributed by atoms with van der Waals surface area (Å²) in [4.78, 5) is 40.6. The zero-order valence-corrected chi connectivity index (χ0v) is 18.9. The first-order valence-corrected chi connectivity index (χ1v) is 10.8. The first kappa shape index (κ1) is 24.1. The van der Waals surface area contributed by atoms with Crippen LogP contribution in [0.15, 0.2) is 61.2 Å². The van der Waals surface area contributed by atoms with E-state index in [0.717, 1.165) is 5.56 Å². The van der Waals surface area contributed by atoms with E-state index in [1.807, 2.05) is 0 Å². The number of nitrogens with zero attached hydrogens (tertiary/aromatic N) is 2. The number of nitrogens with one attached hydrogen (secondary N) is 1. The molecule has 2 aromatic carbocycles. The van der Waals surface area contributed by atoms with E-state index in [-0.39, 0.29) is 37.2 Å². The summed E-state index contributed by atoms with van der Waals surface area (Å²) in [5.41, 5.74) is 1.58. The lowest BCUT2D eigenvalue weighted by Crippen LogP contribution is -2.37.